The first kappa shape index (κ1) is 20.9. The Balaban J connectivity index is 1.96. The third-order valence-electron chi connectivity index (χ3n) is 4.38. The van der Waals surface area contributed by atoms with Crippen LogP contribution in [0.5, 0.6) is 17.2 Å². The lowest BCUT2D eigenvalue weighted by molar-refractivity contribution is -0.128. The van der Waals surface area contributed by atoms with Gasteiger partial charge in [0.25, 0.3) is 0 Å². The van der Waals surface area contributed by atoms with E-state index in [2.05, 4.69) is 6.58 Å². The van der Waals surface area contributed by atoms with Crippen LogP contribution in [0.25, 0.3) is 22.3 Å². The lowest BCUT2D eigenvalue weighted by Crippen LogP contribution is -2.02. The Kier molecular flexibility index (Phi) is 6.71. The molecule has 0 bridgehead atoms. The van der Waals surface area contributed by atoms with Crippen molar-refractivity contribution in [2.75, 3.05) is 7.11 Å². The molecule has 4 nitrogen and oxygen atoms in total. The Morgan fingerprint density at radius 1 is 0.833 bits per heavy atom. The zero-order valence-corrected chi connectivity index (χ0v) is 17.3. The summed E-state index contributed by atoms with van der Waals surface area (Å²) < 4.78 is 16.4. The number of rotatable bonds is 7. The Labute approximate surface area is 177 Å². The molecule has 0 atom stereocenters. The van der Waals surface area contributed by atoms with E-state index in [0.29, 0.717) is 5.75 Å². The van der Waals surface area contributed by atoms with Gasteiger partial charge in [0, 0.05) is 11.6 Å². The molecular formula is C26H24O4. The van der Waals surface area contributed by atoms with Crippen molar-refractivity contribution in [1.29, 1.82) is 0 Å². The average molecular weight is 400 g/mol. The second-order valence-corrected chi connectivity index (χ2v) is 6.90. The lowest BCUT2D eigenvalue weighted by Gasteiger charge is -2.13. The van der Waals surface area contributed by atoms with Gasteiger partial charge < -0.3 is 14.2 Å². The number of allylic oxidation sites excluding steroid dienone is 1. The summed E-state index contributed by atoms with van der Waals surface area (Å²) in [5, 5.41) is 0. The van der Waals surface area contributed by atoms with E-state index < -0.39 is 5.97 Å². The van der Waals surface area contributed by atoms with Gasteiger partial charge in [0.2, 0.25) is 0 Å². The minimum Gasteiger partial charge on any atom is -0.497 e. The first-order chi connectivity index (χ1) is 14.5. The molecule has 3 aromatic carbocycles. The van der Waals surface area contributed by atoms with Crippen LogP contribution in [-0.2, 0) is 4.79 Å². The van der Waals surface area contributed by atoms with E-state index in [0.717, 1.165) is 45.4 Å². The van der Waals surface area contributed by atoms with Crippen LogP contribution >= 0.6 is 0 Å². The first-order valence-electron chi connectivity index (χ1n) is 9.53. The zero-order chi connectivity index (χ0) is 21.5. The van der Waals surface area contributed by atoms with Gasteiger partial charge in [-0.1, -0.05) is 43.0 Å². The van der Waals surface area contributed by atoms with Crippen LogP contribution < -0.4 is 14.2 Å². The van der Waals surface area contributed by atoms with Gasteiger partial charge in [-0.15, -0.1) is 0 Å². The summed E-state index contributed by atoms with van der Waals surface area (Å²) >= 11 is 0. The quantitative estimate of drug-likeness (QED) is 0.199. The molecule has 0 aliphatic heterocycles. The van der Waals surface area contributed by atoms with Crippen molar-refractivity contribution in [1.82, 2.24) is 0 Å². The smallest absolute Gasteiger partial charge is 0.335 e. The van der Waals surface area contributed by atoms with Gasteiger partial charge in [0.15, 0.2) is 0 Å². The van der Waals surface area contributed by atoms with E-state index in [9.17, 15) is 4.79 Å². The van der Waals surface area contributed by atoms with Gasteiger partial charge in [-0.3, -0.25) is 0 Å². The third-order valence-corrected chi connectivity index (χ3v) is 4.38. The molecule has 0 amide bonds. The summed E-state index contributed by atoms with van der Waals surface area (Å²) in [5.74, 6) is 1.55. The highest BCUT2D eigenvalue weighted by Crippen LogP contribution is 2.35. The maximum Gasteiger partial charge on any atom is 0.335 e. The molecule has 0 spiro atoms. The van der Waals surface area contributed by atoms with Crippen LogP contribution in [0.1, 0.15) is 13.8 Å². The third kappa shape index (κ3) is 5.17. The molecule has 3 aromatic rings. The molecule has 0 saturated carbocycles. The predicted octanol–water partition coefficient (Wildman–Crippen LogP) is 6.42. The van der Waals surface area contributed by atoms with Crippen LogP contribution in [0.4, 0.5) is 0 Å². The van der Waals surface area contributed by atoms with Crippen molar-refractivity contribution in [2.45, 2.75) is 13.8 Å². The molecule has 0 saturated heterocycles. The number of methoxy groups -OCH3 is 1. The van der Waals surface area contributed by atoms with Crippen molar-refractivity contribution in [3.63, 3.8) is 0 Å². The molecule has 3 rings (SSSR count). The van der Waals surface area contributed by atoms with Crippen LogP contribution in [0.2, 0.25) is 0 Å². The highest BCUT2D eigenvalue weighted by atomic mass is 16.5. The van der Waals surface area contributed by atoms with Crippen molar-refractivity contribution in [2.24, 2.45) is 0 Å². The van der Waals surface area contributed by atoms with E-state index in [-0.39, 0.29) is 0 Å². The highest BCUT2D eigenvalue weighted by molar-refractivity contribution is 5.83. The van der Waals surface area contributed by atoms with Crippen molar-refractivity contribution in [3.05, 3.63) is 91.2 Å². The number of hydrogen-bond acceptors (Lipinski definition) is 4. The summed E-state index contributed by atoms with van der Waals surface area (Å²) in [7, 11) is 1.65. The molecule has 0 unspecified atom stereocenters. The second kappa shape index (κ2) is 9.61. The van der Waals surface area contributed by atoms with Gasteiger partial charge in [-0.05, 0) is 66.4 Å². The molecule has 0 N–H and O–H groups in total. The van der Waals surface area contributed by atoms with Gasteiger partial charge in [-0.25, -0.2) is 4.79 Å². The molecule has 0 aromatic heterocycles. The Morgan fingerprint density at radius 3 is 2.03 bits per heavy atom. The molecule has 4 heteroatoms. The van der Waals surface area contributed by atoms with E-state index in [1.54, 1.807) is 25.5 Å². The van der Waals surface area contributed by atoms with Gasteiger partial charge in [-0.2, -0.15) is 0 Å². The van der Waals surface area contributed by atoms with E-state index in [4.69, 9.17) is 14.2 Å². The largest absolute Gasteiger partial charge is 0.497 e. The van der Waals surface area contributed by atoms with Gasteiger partial charge in [0.05, 0.1) is 13.4 Å². The van der Waals surface area contributed by atoms with Crippen LogP contribution in [0, 0.1) is 0 Å². The van der Waals surface area contributed by atoms with Crippen LogP contribution in [-0.4, -0.2) is 13.1 Å². The molecule has 30 heavy (non-hydrogen) atoms. The van der Waals surface area contributed by atoms with Gasteiger partial charge in [0.1, 0.15) is 17.2 Å². The molecule has 152 valence electrons. The topological polar surface area (TPSA) is 44.8 Å². The molecule has 0 fully saturated rings. The minimum atomic E-state index is -0.482. The summed E-state index contributed by atoms with van der Waals surface area (Å²) in [6.07, 6.45) is 2.88. The molecule has 0 aliphatic rings. The number of benzene rings is 3. The number of ether oxygens (including phenoxy) is 3. The Bertz CT molecular complexity index is 1060. The monoisotopic (exact) mass is 400 g/mol. The van der Waals surface area contributed by atoms with Crippen LogP contribution in [0.15, 0.2) is 91.2 Å². The summed E-state index contributed by atoms with van der Waals surface area (Å²) in [5.41, 5.74) is 5.05. The normalized spacial score (nSPS) is 10.1. The number of carbonyl (C=O) groups excluding carboxylic acids is 1. The standard InChI is InChI=1S/C26H24O4/c1-5-26(27)30-23-13-6-19(7-14-23)21-10-15-24(25(16-21)29-17-18(2)3)20-8-11-22(28-4)12-9-20/h5-17H,1H2,2-4H3. The van der Waals surface area contributed by atoms with Crippen molar-refractivity contribution in [3.8, 4) is 39.5 Å². The molecule has 0 heterocycles. The predicted molar refractivity (Wildman–Crippen MR) is 120 cm³/mol. The number of hydrogen-bond donors (Lipinski definition) is 0. The van der Waals surface area contributed by atoms with Gasteiger partial charge >= 0.3 is 5.97 Å². The zero-order valence-electron chi connectivity index (χ0n) is 17.3. The second-order valence-electron chi connectivity index (χ2n) is 6.90. The summed E-state index contributed by atoms with van der Waals surface area (Å²) in [4.78, 5) is 11.4. The fourth-order valence-corrected chi connectivity index (χ4v) is 2.86. The van der Waals surface area contributed by atoms with E-state index >= 15 is 0 Å². The lowest BCUT2D eigenvalue weighted by atomic mass is 9.99. The highest BCUT2D eigenvalue weighted by Gasteiger charge is 2.10. The van der Waals surface area contributed by atoms with E-state index in [1.165, 1.54) is 0 Å². The van der Waals surface area contributed by atoms with Crippen molar-refractivity contribution >= 4 is 5.97 Å². The van der Waals surface area contributed by atoms with E-state index in [1.807, 2.05) is 68.4 Å². The average Bonchev–Trinajstić information content (AvgIpc) is 2.78. The molecule has 0 radical (unpaired) electrons. The maximum atomic E-state index is 11.4. The number of carbonyl (C=O) groups is 1. The summed E-state index contributed by atoms with van der Waals surface area (Å²) in [6, 6.07) is 21.3. The maximum absolute atomic E-state index is 11.4. The summed E-state index contributed by atoms with van der Waals surface area (Å²) in [6.45, 7) is 7.38. The SMILES string of the molecule is C=CC(=O)Oc1ccc(-c2ccc(-c3ccc(OC)cc3)c(OC=C(C)C)c2)cc1. The first-order valence-corrected chi connectivity index (χ1v) is 9.53. The fourth-order valence-electron chi connectivity index (χ4n) is 2.86. The van der Waals surface area contributed by atoms with Crippen molar-refractivity contribution < 1.29 is 19.0 Å². The fraction of sp³-hybridized carbons (Fsp3) is 0.115. The number of esters is 1. The van der Waals surface area contributed by atoms with Crippen LogP contribution in [0.3, 0.4) is 0 Å². The molecular weight excluding hydrogens is 376 g/mol. The minimum absolute atomic E-state index is 0.472. The molecule has 0 aliphatic carbocycles. The Morgan fingerprint density at radius 2 is 1.43 bits per heavy atom. The Hall–Kier alpha value is -3.79.